The Morgan fingerprint density at radius 1 is 0.943 bits per heavy atom. The standard InChI is InChI=1S/C29H38F2N4/c1-21(2)34-14-12-33(13-15-34)11-8-32-26-6-9-35(10-7-26)27-5-3-4-22(18-27)23-16-24-19-28(30)29(31)20-25(24)17-23/h3-5,16,18-21,26,32H,6-15,17H2,1-2H3. The Balaban J connectivity index is 1.09. The third kappa shape index (κ3) is 5.76. The summed E-state index contributed by atoms with van der Waals surface area (Å²) in [5.41, 5.74) is 5.14. The van der Waals surface area contributed by atoms with Crippen LogP contribution in [0.2, 0.25) is 0 Å². The van der Waals surface area contributed by atoms with E-state index in [9.17, 15) is 8.78 Å². The third-order valence-corrected chi connectivity index (χ3v) is 7.97. The minimum absolute atomic E-state index is 0.586. The summed E-state index contributed by atoms with van der Waals surface area (Å²) in [6.45, 7) is 13.6. The molecule has 6 heteroatoms. The molecule has 2 aliphatic heterocycles. The van der Waals surface area contributed by atoms with Gasteiger partial charge in [0.25, 0.3) is 0 Å². The van der Waals surface area contributed by atoms with Gasteiger partial charge in [0.05, 0.1) is 0 Å². The number of hydrogen-bond donors (Lipinski definition) is 1. The zero-order valence-corrected chi connectivity index (χ0v) is 21.1. The molecule has 1 N–H and O–H groups in total. The Morgan fingerprint density at radius 2 is 1.69 bits per heavy atom. The van der Waals surface area contributed by atoms with Crippen molar-refractivity contribution in [1.82, 2.24) is 15.1 Å². The molecule has 0 saturated carbocycles. The minimum Gasteiger partial charge on any atom is -0.371 e. The van der Waals surface area contributed by atoms with Gasteiger partial charge in [-0.3, -0.25) is 9.80 Å². The van der Waals surface area contributed by atoms with Gasteiger partial charge >= 0.3 is 0 Å². The van der Waals surface area contributed by atoms with Gasteiger partial charge in [-0.1, -0.05) is 18.2 Å². The average Bonchev–Trinajstić information content (AvgIpc) is 3.28. The first-order valence-corrected chi connectivity index (χ1v) is 13.2. The molecule has 0 unspecified atom stereocenters. The molecule has 0 aromatic heterocycles. The van der Waals surface area contributed by atoms with Gasteiger partial charge in [-0.25, -0.2) is 8.78 Å². The van der Waals surface area contributed by atoms with E-state index < -0.39 is 11.6 Å². The molecule has 4 nitrogen and oxygen atoms in total. The van der Waals surface area contributed by atoms with E-state index in [1.807, 2.05) is 6.08 Å². The molecule has 0 amide bonds. The predicted molar refractivity (Wildman–Crippen MR) is 141 cm³/mol. The van der Waals surface area contributed by atoms with E-state index in [1.165, 1.54) is 44.0 Å². The third-order valence-electron chi connectivity index (χ3n) is 7.97. The molecule has 0 spiro atoms. The van der Waals surface area contributed by atoms with E-state index in [0.717, 1.165) is 61.3 Å². The topological polar surface area (TPSA) is 21.8 Å². The first-order chi connectivity index (χ1) is 17.0. The SMILES string of the molecule is CC(C)N1CCN(CCNC2CCN(c3cccc(C4=Cc5cc(F)c(F)cc5C4)c3)CC2)CC1. The van der Waals surface area contributed by atoms with Crippen molar-refractivity contribution in [2.75, 3.05) is 57.3 Å². The van der Waals surface area contributed by atoms with Crippen molar-refractivity contribution in [1.29, 1.82) is 0 Å². The molecule has 2 aromatic carbocycles. The number of nitrogens with zero attached hydrogens (tertiary/aromatic N) is 3. The highest BCUT2D eigenvalue weighted by atomic mass is 19.2. The molecule has 2 fully saturated rings. The summed E-state index contributed by atoms with van der Waals surface area (Å²) in [5, 5.41) is 3.80. The van der Waals surface area contributed by atoms with Crippen LogP contribution in [0.4, 0.5) is 14.5 Å². The van der Waals surface area contributed by atoms with E-state index in [1.54, 1.807) is 0 Å². The van der Waals surface area contributed by atoms with Crippen molar-refractivity contribution >= 4 is 17.3 Å². The van der Waals surface area contributed by atoms with E-state index in [2.05, 4.69) is 58.1 Å². The normalized spacial score (nSPS) is 19.9. The van der Waals surface area contributed by atoms with Crippen LogP contribution in [-0.2, 0) is 6.42 Å². The van der Waals surface area contributed by atoms with Crippen LogP contribution in [0.1, 0.15) is 43.4 Å². The second-order valence-electron chi connectivity index (χ2n) is 10.5. The maximum Gasteiger partial charge on any atom is 0.159 e. The van der Waals surface area contributed by atoms with Gasteiger partial charge in [0.15, 0.2) is 11.6 Å². The summed E-state index contributed by atoms with van der Waals surface area (Å²) >= 11 is 0. The molecule has 2 aromatic rings. The number of anilines is 1. The maximum atomic E-state index is 13.6. The van der Waals surface area contributed by atoms with Gasteiger partial charge in [-0.2, -0.15) is 0 Å². The number of allylic oxidation sites excluding steroid dienone is 1. The number of piperazine rings is 1. The van der Waals surface area contributed by atoms with Crippen LogP contribution < -0.4 is 10.2 Å². The van der Waals surface area contributed by atoms with Gasteiger partial charge in [0.1, 0.15) is 0 Å². The molecule has 188 valence electrons. The van der Waals surface area contributed by atoms with Crippen molar-refractivity contribution in [3.05, 3.63) is 64.7 Å². The fourth-order valence-corrected chi connectivity index (χ4v) is 5.69. The molecule has 35 heavy (non-hydrogen) atoms. The molecule has 5 rings (SSSR count). The Labute approximate surface area is 208 Å². The first-order valence-electron chi connectivity index (χ1n) is 13.2. The number of piperidine rings is 1. The highest BCUT2D eigenvalue weighted by Gasteiger charge is 2.22. The Kier molecular flexibility index (Phi) is 7.51. The Bertz CT molecular complexity index is 1050. The van der Waals surface area contributed by atoms with E-state index in [-0.39, 0.29) is 0 Å². The number of rotatable bonds is 7. The van der Waals surface area contributed by atoms with Crippen molar-refractivity contribution in [2.45, 2.75) is 45.2 Å². The van der Waals surface area contributed by atoms with Crippen LogP contribution in [0, 0.1) is 11.6 Å². The zero-order chi connectivity index (χ0) is 24.4. The van der Waals surface area contributed by atoms with Gasteiger partial charge in [-0.15, -0.1) is 0 Å². The summed E-state index contributed by atoms with van der Waals surface area (Å²) in [4.78, 5) is 7.62. The van der Waals surface area contributed by atoms with E-state index in [0.29, 0.717) is 18.5 Å². The van der Waals surface area contributed by atoms with Crippen molar-refractivity contribution < 1.29 is 8.78 Å². The van der Waals surface area contributed by atoms with Crippen molar-refractivity contribution in [3.63, 3.8) is 0 Å². The molecule has 0 atom stereocenters. The molecule has 2 heterocycles. The zero-order valence-electron chi connectivity index (χ0n) is 21.1. The van der Waals surface area contributed by atoms with Crippen LogP contribution in [0.5, 0.6) is 0 Å². The number of benzene rings is 2. The lowest BCUT2D eigenvalue weighted by atomic mass is 10.0. The summed E-state index contributed by atoms with van der Waals surface area (Å²) < 4.78 is 27.3. The van der Waals surface area contributed by atoms with Crippen LogP contribution >= 0.6 is 0 Å². The number of nitrogens with one attached hydrogen (secondary N) is 1. The van der Waals surface area contributed by atoms with Crippen LogP contribution in [-0.4, -0.2) is 74.2 Å². The number of fused-ring (bicyclic) bond motifs is 1. The fraction of sp³-hybridized carbons (Fsp3) is 0.517. The molecule has 2 saturated heterocycles. The lowest BCUT2D eigenvalue weighted by Crippen LogP contribution is -2.51. The summed E-state index contributed by atoms with van der Waals surface area (Å²) in [6, 6.07) is 12.5. The molecule has 0 bridgehead atoms. The van der Waals surface area contributed by atoms with Gasteiger partial charge in [0.2, 0.25) is 0 Å². The second-order valence-corrected chi connectivity index (χ2v) is 10.5. The summed E-state index contributed by atoms with van der Waals surface area (Å²) in [7, 11) is 0. The first kappa shape index (κ1) is 24.4. The fourth-order valence-electron chi connectivity index (χ4n) is 5.69. The molecular formula is C29H38F2N4. The van der Waals surface area contributed by atoms with Crippen LogP contribution in [0.15, 0.2) is 36.4 Å². The molecule has 0 radical (unpaired) electrons. The quantitative estimate of drug-likeness (QED) is 0.623. The monoisotopic (exact) mass is 480 g/mol. The van der Waals surface area contributed by atoms with Gasteiger partial charge in [0, 0.05) is 70.1 Å². The molecule has 1 aliphatic carbocycles. The number of halogens is 2. The molecule has 3 aliphatic rings. The lowest BCUT2D eigenvalue weighted by Gasteiger charge is -2.37. The largest absolute Gasteiger partial charge is 0.371 e. The molecular weight excluding hydrogens is 442 g/mol. The predicted octanol–water partition coefficient (Wildman–Crippen LogP) is 4.65. The van der Waals surface area contributed by atoms with Gasteiger partial charge < -0.3 is 10.2 Å². The number of hydrogen-bond acceptors (Lipinski definition) is 4. The summed E-state index contributed by atoms with van der Waals surface area (Å²) in [6.07, 6.45) is 4.94. The van der Waals surface area contributed by atoms with Gasteiger partial charge in [-0.05, 0) is 79.6 Å². The maximum absolute atomic E-state index is 13.6. The smallest absolute Gasteiger partial charge is 0.159 e. The highest BCUT2D eigenvalue weighted by Crippen LogP contribution is 2.34. The van der Waals surface area contributed by atoms with E-state index in [4.69, 9.17) is 0 Å². The lowest BCUT2D eigenvalue weighted by molar-refractivity contribution is 0.108. The minimum atomic E-state index is -0.778. The van der Waals surface area contributed by atoms with Crippen LogP contribution in [0.3, 0.4) is 0 Å². The van der Waals surface area contributed by atoms with Crippen molar-refractivity contribution in [2.24, 2.45) is 0 Å². The Morgan fingerprint density at radius 3 is 2.43 bits per heavy atom. The summed E-state index contributed by atoms with van der Waals surface area (Å²) in [5.74, 6) is -1.54. The van der Waals surface area contributed by atoms with E-state index >= 15 is 0 Å². The second kappa shape index (κ2) is 10.8. The van der Waals surface area contributed by atoms with Crippen LogP contribution in [0.25, 0.3) is 11.6 Å². The highest BCUT2D eigenvalue weighted by molar-refractivity contribution is 5.89. The Hall–Kier alpha value is -2.28. The average molecular weight is 481 g/mol. The van der Waals surface area contributed by atoms with Crippen molar-refractivity contribution in [3.8, 4) is 0 Å².